The van der Waals surface area contributed by atoms with E-state index in [9.17, 15) is 4.79 Å². The van der Waals surface area contributed by atoms with Gasteiger partial charge in [0.15, 0.2) is 0 Å². The molecular formula is C16H24N2O2. The summed E-state index contributed by atoms with van der Waals surface area (Å²) in [5, 5.41) is 0. The molecule has 0 aromatic heterocycles. The summed E-state index contributed by atoms with van der Waals surface area (Å²) >= 11 is 0. The molecule has 1 aromatic carbocycles. The topological polar surface area (TPSA) is 55.6 Å². The molecule has 2 N–H and O–H groups in total. The predicted molar refractivity (Wildman–Crippen MR) is 80.9 cm³/mol. The van der Waals surface area contributed by atoms with Crippen LogP contribution in [0.1, 0.15) is 43.0 Å². The Kier molecular flexibility index (Phi) is 4.53. The molecule has 1 aliphatic carbocycles. The Morgan fingerprint density at radius 1 is 1.30 bits per heavy atom. The standard InChI is InChI=1S/C16H24N2O2/c1-11-4-7-13(8-5-11)18(2)16(19)14-9-6-12(17)10-15(14)20-3/h6,9-11,13H,4-5,7-8,17H2,1-3H3. The Balaban J connectivity index is 2.14. The van der Waals surface area contributed by atoms with Crippen molar-refractivity contribution in [3.05, 3.63) is 23.8 Å². The van der Waals surface area contributed by atoms with E-state index in [0.717, 1.165) is 18.8 Å². The number of hydrogen-bond donors (Lipinski definition) is 1. The van der Waals surface area contributed by atoms with E-state index in [2.05, 4.69) is 6.92 Å². The molecule has 0 unspecified atom stereocenters. The van der Waals surface area contributed by atoms with Crippen LogP contribution in [0.4, 0.5) is 5.69 Å². The quantitative estimate of drug-likeness (QED) is 0.864. The van der Waals surface area contributed by atoms with E-state index in [-0.39, 0.29) is 5.91 Å². The fourth-order valence-corrected chi connectivity index (χ4v) is 2.87. The van der Waals surface area contributed by atoms with Gasteiger partial charge in [-0.2, -0.15) is 0 Å². The lowest BCUT2D eigenvalue weighted by molar-refractivity contribution is 0.0676. The molecule has 0 radical (unpaired) electrons. The lowest BCUT2D eigenvalue weighted by Crippen LogP contribution is -2.39. The van der Waals surface area contributed by atoms with Crippen molar-refractivity contribution in [2.24, 2.45) is 5.92 Å². The largest absolute Gasteiger partial charge is 0.496 e. The summed E-state index contributed by atoms with van der Waals surface area (Å²) in [4.78, 5) is 14.5. The summed E-state index contributed by atoms with van der Waals surface area (Å²) < 4.78 is 5.27. The van der Waals surface area contributed by atoms with Crippen LogP contribution in [-0.4, -0.2) is 31.0 Å². The molecule has 0 atom stereocenters. The Morgan fingerprint density at radius 2 is 1.95 bits per heavy atom. The first-order chi connectivity index (χ1) is 9.52. The zero-order chi connectivity index (χ0) is 14.7. The van der Waals surface area contributed by atoms with Crippen LogP contribution >= 0.6 is 0 Å². The van der Waals surface area contributed by atoms with Gasteiger partial charge in [-0.3, -0.25) is 4.79 Å². The highest BCUT2D eigenvalue weighted by Gasteiger charge is 2.26. The van der Waals surface area contributed by atoms with Crippen LogP contribution in [0, 0.1) is 5.92 Å². The van der Waals surface area contributed by atoms with E-state index in [4.69, 9.17) is 10.5 Å². The van der Waals surface area contributed by atoms with Gasteiger partial charge in [0.05, 0.1) is 12.7 Å². The molecule has 1 aromatic rings. The first kappa shape index (κ1) is 14.7. The number of nitrogen functional groups attached to an aromatic ring is 1. The predicted octanol–water partition coefficient (Wildman–Crippen LogP) is 2.93. The lowest BCUT2D eigenvalue weighted by Gasteiger charge is -2.33. The Hall–Kier alpha value is -1.71. The van der Waals surface area contributed by atoms with E-state index in [1.165, 1.54) is 12.8 Å². The van der Waals surface area contributed by atoms with Crippen molar-refractivity contribution in [3.63, 3.8) is 0 Å². The molecule has 4 heteroatoms. The maximum absolute atomic E-state index is 12.6. The number of anilines is 1. The maximum Gasteiger partial charge on any atom is 0.257 e. The highest BCUT2D eigenvalue weighted by Crippen LogP contribution is 2.29. The average molecular weight is 276 g/mol. The lowest BCUT2D eigenvalue weighted by atomic mass is 9.86. The second kappa shape index (κ2) is 6.16. The molecule has 20 heavy (non-hydrogen) atoms. The number of methoxy groups -OCH3 is 1. The van der Waals surface area contributed by atoms with Gasteiger partial charge in [-0.15, -0.1) is 0 Å². The van der Waals surface area contributed by atoms with Gasteiger partial charge < -0.3 is 15.4 Å². The van der Waals surface area contributed by atoms with E-state index >= 15 is 0 Å². The third-order valence-electron chi connectivity index (χ3n) is 4.31. The van der Waals surface area contributed by atoms with Crippen LogP contribution in [-0.2, 0) is 0 Å². The number of carbonyl (C=O) groups is 1. The van der Waals surface area contributed by atoms with Crippen molar-refractivity contribution < 1.29 is 9.53 Å². The van der Waals surface area contributed by atoms with Crippen molar-refractivity contribution in [2.45, 2.75) is 38.6 Å². The van der Waals surface area contributed by atoms with E-state index < -0.39 is 0 Å². The number of hydrogen-bond acceptors (Lipinski definition) is 3. The minimum absolute atomic E-state index is 0.0152. The van der Waals surface area contributed by atoms with Crippen molar-refractivity contribution in [3.8, 4) is 5.75 Å². The summed E-state index contributed by atoms with van der Waals surface area (Å²) in [6.45, 7) is 2.28. The number of nitrogens with two attached hydrogens (primary N) is 1. The van der Waals surface area contributed by atoms with E-state index in [1.807, 2.05) is 11.9 Å². The normalized spacial score (nSPS) is 22.4. The summed E-state index contributed by atoms with van der Waals surface area (Å²) in [7, 11) is 3.45. The zero-order valence-corrected chi connectivity index (χ0v) is 12.6. The fourth-order valence-electron chi connectivity index (χ4n) is 2.87. The van der Waals surface area contributed by atoms with Crippen LogP contribution in [0.3, 0.4) is 0 Å². The minimum Gasteiger partial charge on any atom is -0.496 e. The molecule has 4 nitrogen and oxygen atoms in total. The van der Waals surface area contributed by atoms with Gasteiger partial charge in [0.25, 0.3) is 5.91 Å². The average Bonchev–Trinajstić information content (AvgIpc) is 2.46. The molecule has 1 saturated carbocycles. The molecule has 0 heterocycles. The molecule has 1 aliphatic rings. The van der Waals surface area contributed by atoms with Crippen molar-refractivity contribution in [2.75, 3.05) is 19.9 Å². The van der Waals surface area contributed by atoms with Gasteiger partial charge in [0.1, 0.15) is 5.75 Å². The Labute approximate surface area is 120 Å². The molecule has 110 valence electrons. The number of ether oxygens (including phenoxy) is 1. The second-order valence-corrected chi connectivity index (χ2v) is 5.79. The molecule has 0 bridgehead atoms. The maximum atomic E-state index is 12.6. The summed E-state index contributed by atoms with van der Waals surface area (Å²) in [5.74, 6) is 1.34. The van der Waals surface area contributed by atoms with Crippen LogP contribution < -0.4 is 10.5 Å². The summed E-state index contributed by atoms with van der Waals surface area (Å²) in [6.07, 6.45) is 4.56. The molecular weight excluding hydrogens is 252 g/mol. The van der Waals surface area contributed by atoms with Gasteiger partial charge in [-0.25, -0.2) is 0 Å². The third-order valence-corrected chi connectivity index (χ3v) is 4.31. The van der Waals surface area contributed by atoms with Gasteiger partial charge in [0, 0.05) is 24.8 Å². The van der Waals surface area contributed by atoms with Gasteiger partial charge in [-0.1, -0.05) is 6.92 Å². The van der Waals surface area contributed by atoms with Crippen LogP contribution in [0.2, 0.25) is 0 Å². The smallest absolute Gasteiger partial charge is 0.257 e. The van der Waals surface area contributed by atoms with Crippen LogP contribution in [0.25, 0.3) is 0 Å². The third kappa shape index (κ3) is 3.06. The van der Waals surface area contributed by atoms with Crippen molar-refractivity contribution in [1.29, 1.82) is 0 Å². The number of rotatable bonds is 3. The molecule has 0 spiro atoms. The summed E-state index contributed by atoms with van der Waals surface area (Å²) in [5.41, 5.74) is 6.92. The van der Waals surface area contributed by atoms with Crippen LogP contribution in [0.5, 0.6) is 5.75 Å². The number of amides is 1. The molecule has 1 amide bonds. The Morgan fingerprint density at radius 3 is 2.55 bits per heavy atom. The number of carbonyl (C=O) groups excluding carboxylic acids is 1. The van der Waals surface area contributed by atoms with Gasteiger partial charge in [-0.05, 0) is 43.7 Å². The van der Waals surface area contributed by atoms with E-state index in [1.54, 1.807) is 25.3 Å². The Bertz CT molecular complexity index is 479. The first-order valence-electron chi connectivity index (χ1n) is 7.23. The molecule has 1 fully saturated rings. The number of benzene rings is 1. The SMILES string of the molecule is COc1cc(N)ccc1C(=O)N(C)C1CCC(C)CC1. The zero-order valence-electron chi connectivity index (χ0n) is 12.6. The number of nitrogens with zero attached hydrogens (tertiary/aromatic N) is 1. The fraction of sp³-hybridized carbons (Fsp3) is 0.562. The van der Waals surface area contributed by atoms with Gasteiger partial charge >= 0.3 is 0 Å². The first-order valence-corrected chi connectivity index (χ1v) is 7.23. The molecule has 0 saturated heterocycles. The van der Waals surface area contributed by atoms with Crippen LogP contribution in [0.15, 0.2) is 18.2 Å². The van der Waals surface area contributed by atoms with Crippen molar-refractivity contribution in [1.82, 2.24) is 4.90 Å². The monoisotopic (exact) mass is 276 g/mol. The van der Waals surface area contributed by atoms with Gasteiger partial charge in [0.2, 0.25) is 0 Å². The minimum atomic E-state index is 0.0152. The molecule has 2 rings (SSSR count). The summed E-state index contributed by atoms with van der Waals surface area (Å²) in [6, 6.07) is 5.52. The highest BCUT2D eigenvalue weighted by molar-refractivity contribution is 5.97. The molecule has 0 aliphatic heterocycles. The highest BCUT2D eigenvalue weighted by atomic mass is 16.5. The van der Waals surface area contributed by atoms with E-state index in [0.29, 0.717) is 23.0 Å². The van der Waals surface area contributed by atoms with Crippen molar-refractivity contribution >= 4 is 11.6 Å². The second-order valence-electron chi connectivity index (χ2n) is 5.79.